The third kappa shape index (κ3) is 2.07. The van der Waals surface area contributed by atoms with E-state index < -0.39 is 5.60 Å². The Morgan fingerprint density at radius 1 is 1.12 bits per heavy atom. The lowest BCUT2D eigenvalue weighted by Gasteiger charge is -2.59. The molecule has 0 radical (unpaired) electrons. The van der Waals surface area contributed by atoms with Crippen LogP contribution in [0.5, 0.6) is 0 Å². The van der Waals surface area contributed by atoms with Crippen molar-refractivity contribution in [2.24, 2.45) is 28.6 Å². The van der Waals surface area contributed by atoms with E-state index in [1.54, 1.807) is 7.11 Å². The molecule has 4 aliphatic rings. The fourth-order valence-corrected chi connectivity index (χ4v) is 7.13. The Labute approximate surface area is 145 Å². The molecule has 0 aromatic rings. The molecule has 134 valence electrons. The lowest BCUT2D eigenvalue weighted by Crippen LogP contribution is -2.55. The molecule has 0 heterocycles. The van der Waals surface area contributed by atoms with Crippen LogP contribution in [0.25, 0.3) is 0 Å². The van der Waals surface area contributed by atoms with Gasteiger partial charge < -0.3 is 9.84 Å². The number of methoxy groups -OCH3 is 1. The average molecular weight is 332 g/mol. The van der Waals surface area contributed by atoms with Gasteiger partial charge in [-0.05, 0) is 81.1 Å². The maximum Gasteiger partial charge on any atom is 0.155 e. The van der Waals surface area contributed by atoms with Crippen molar-refractivity contribution in [3.8, 4) is 0 Å². The topological polar surface area (TPSA) is 46.5 Å². The third-order valence-corrected chi connectivity index (χ3v) is 8.65. The molecule has 6 atom stereocenters. The van der Waals surface area contributed by atoms with Crippen LogP contribution in [0.15, 0.2) is 11.6 Å². The van der Waals surface area contributed by atoms with Gasteiger partial charge in [-0.15, -0.1) is 0 Å². The average Bonchev–Trinajstić information content (AvgIpc) is 2.78. The van der Waals surface area contributed by atoms with Crippen molar-refractivity contribution in [2.75, 3.05) is 13.7 Å². The van der Waals surface area contributed by atoms with Gasteiger partial charge in [0.1, 0.15) is 0 Å². The molecule has 0 aromatic carbocycles. The second-order valence-electron chi connectivity index (χ2n) is 9.41. The standard InChI is InChI=1S/C21H32O3/c1-19-9-7-18-16(17(19)8-10-20(19,2)23)5-4-14-12-15(22)6-11-21(14,18)13-24-3/h12,16-18,23H,4-11,13H2,1-3H3/t16-,17-,18+,19-,20?,21+/m0/s1. The number of fused-ring (bicyclic) bond motifs is 5. The van der Waals surface area contributed by atoms with Crippen LogP contribution < -0.4 is 0 Å². The first-order valence-electron chi connectivity index (χ1n) is 9.79. The Hall–Kier alpha value is -0.670. The zero-order valence-electron chi connectivity index (χ0n) is 15.4. The van der Waals surface area contributed by atoms with Crippen molar-refractivity contribution in [1.29, 1.82) is 0 Å². The predicted molar refractivity (Wildman–Crippen MR) is 93.5 cm³/mol. The predicted octanol–water partition coefficient (Wildman–Crippen LogP) is 3.90. The molecule has 0 saturated heterocycles. The lowest BCUT2D eigenvalue weighted by atomic mass is 9.46. The first kappa shape index (κ1) is 16.8. The molecule has 3 nitrogen and oxygen atoms in total. The molecule has 1 unspecified atom stereocenters. The molecule has 0 amide bonds. The van der Waals surface area contributed by atoms with Crippen LogP contribution in [-0.2, 0) is 9.53 Å². The minimum atomic E-state index is -0.518. The van der Waals surface area contributed by atoms with E-state index in [1.165, 1.54) is 18.4 Å². The number of ether oxygens (including phenoxy) is 1. The van der Waals surface area contributed by atoms with Gasteiger partial charge in [0.05, 0.1) is 12.2 Å². The molecule has 3 fully saturated rings. The van der Waals surface area contributed by atoms with Gasteiger partial charge in [0.25, 0.3) is 0 Å². The van der Waals surface area contributed by atoms with E-state index in [0.717, 1.165) is 38.7 Å². The number of carbonyl (C=O) groups excluding carboxylic acids is 1. The van der Waals surface area contributed by atoms with E-state index in [2.05, 4.69) is 13.8 Å². The SMILES string of the molecule is COC[C@]12CCC(=O)C=C1CC[C@@H]1[C@H]2CC[C@@]2(C)[C@H]1CCC2(C)O. The Morgan fingerprint density at radius 3 is 2.62 bits per heavy atom. The quantitative estimate of drug-likeness (QED) is 0.834. The van der Waals surface area contributed by atoms with Crippen molar-refractivity contribution in [3.63, 3.8) is 0 Å². The maximum absolute atomic E-state index is 12.0. The molecule has 0 aliphatic heterocycles. The van der Waals surface area contributed by atoms with E-state index >= 15 is 0 Å². The lowest BCUT2D eigenvalue weighted by molar-refractivity contribution is -0.132. The molecule has 4 aliphatic carbocycles. The van der Waals surface area contributed by atoms with Crippen LogP contribution in [0.3, 0.4) is 0 Å². The fourth-order valence-electron chi connectivity index (χ4n) is 7.13. The molecular weight excluding hydrogens is 300 g/mol. The number of carbonyl (C=O) groups is 1. The minimum Gasteiger partial charge on any atom is -0.390 e. The van der Waals surface area contributed by atoms with Crippen LogP contribution >= 0.6 is 0 Å². The van der Waals surface area contributed by atoms with E-state index in [4.69, 9.17) is 4.74 Å². The highest BCUT2D eigenvalue weighted by Crippen LogP contribution is 2.67. The summed E-state index contributed by atoms with van der Waals surface area (Å²) in [6.07, 6.45) is 10.2. The van der Waals surface area contributed by atoms with Gasteiger partial charge in [-0.3, -0.25) is 4.79 Å². The van der Waals surface area contributed by atoms with Crippen molar-refractivity contribution < 1.29 is 14.6 Å². The number of ketones is 1. The van der Waals surface area contributed by atoms with Gasteiger partial charge in [0, 0.05) is 18.9 Å². The molecule has 24 heavy (non-hydrogen) atoms. The second-order valence-corrected chi connectivity index (χ2v) is 9.41. The summed E-state index contributed by atoms with van der Waals surface area (Å²) in [7, 11) is 1.81. The van der Waals surface area contributed by atoms with Gasteiger partial charge in [0.2, 0.25) is 0 Å². The van der Waals surface area contributed by atoms with Crippen LogP contribution in [0.4, 0.5) is 0 Å². The first-order chi connectivity index (χ1) is 11.3. The molecule has 4 rings (SSSR count). The Bertz CT molecular complexity index is 578. The summed E-state index contributed by atoms with van der Waals surface area (Å²) >= 11 is 0. The molecule has 3 heteroatoms. The van der Waals surface area contributed by atoms with Gasteiger partial charge in [-0.2, -0.15) is 0 Å². The van der Waals surface area contributed by atoms with Gasteiger partial charge in [0.15, 0.2) is 5.78 Å². The summed E-state index contributed by atoms with van der Waals surface area (Å²) in [6.45, 7) is 5.15. The Morgan fingerprint density at radius 2 is 1.88 bits per heavy atom. The number of hydrogen-bond donors (Lipinski definition) is 1. The zero-order chi connectivity index (χ0) is 17.2. The van der Waals surface area contributed by atoms with Crippen LogP contribution in [-0.4, -0.2) is 30.2 Å². The number of rotatable bonds is 2. The number of hydrogen-bond acceptors (Lipinski definition) is 3. The van der Waals surface area contributed by atoms with Gasteiger partial charge >= 0.3 is 0 Å². The molecule has 0 aromatic heterocycles. The monoisotopic (exact) mass is 332 g/mol. The minimum absolute atomic E-state index is 0.0636. The van der Waals surface area contributed by atoms with Crippen molar-refractivity contribution in [3.05, 3.63) is 11.6 Å². The Kier molecular flexibility index (Phi) is 3.78. The molecular formula is C21H32O3. The van der Waals surface area contributed by atoms with Crippen molar-refractivity contribution in [2.45, 2.75) is 70.8 Å². The number of aliphatic hydroxyl groups is 1. The fraction of sp³-hybridized carbons (Fsp3) is 0.857. The smallest absolute Gasteiger partial charge is 0.155 e. The highest BCUT2D eigenvalue weighted by atomic mass is 16.5. The highest BCUT2D eigenvalue weighted by molar-refractivity contribution is 5.91. The zero-order valence-corrected chi connectivity index (χ0v) is 15.4. The van der Waals surface area contributed by atoms with E-state index in [-0.39, 0.29) is 10.8 Å². The summed E-state index contributed by atoms with van der Waals surface area (Å²) < 4.78 is 5.70. The molecule has 0 bridgehead atoms. The molecule has 1 N–H and O–H groups in total. The van der Waals surface area contributed by atoms with E-state index in [9.17, 15) is 9.90 Å². The van der Waals surface area contributed by atoms with Crippen molar-refractivity contribution in [1.82, 2.24) is 0 Å². The normalized spacial score (nSPS) is 50.8. The van der Waals surface area contributed by atoms with Crippen LogP contribution in [0, 0.1) is 28.6 Å². The molecule has 3 saturated carbocycles. The van der Waals surface area contributed by atoms with Gasteiger partial charge in [-0.25, -0.2) is 0 Å². The largest absolute Gasteiger partial charge is 0.390 e. The summed E-state index contributed by atoms with van der Waals surface area (Å²) in [4.78, 5) is 12.0. The van der Waals surface area contributed by atoms with Gasteiger partial charge in [-0.1, -0.05) is 12.5 Å². The summed E-state index contributed by atoms with van der Waals surface area (Å²) in [6, 6.07) is 0. The van der Waals surface area contributed by atoms with E-state index in [1.807, 2.05) is 6.08 Å². The first-order valence-corrected chi connectivity index (χ1v) is 9.79. The van der Waals surface area contributed by atoms with Crippen LogP contribution in [0.2, 0.25) is 0 Å². The summed E-state index contributed by atoms with van der Waals surface area (Å²) in [5.41, 5.74) is 1.00. The van der Waals surface area contributed by atoms with E-state index in [0.29, 0.717) is 30.0 Å². The third-order valence-electron chi connectivity index (χ3n) is 8.65. The summed E-state index contributed by atoms with van der Waals surface area (Å²) in [5, 5.41) is 11.0. The Balaban J connectivity index is 1.72. The second kappa shape index (κ2) is 5.41. The maximum atomic E-state index is 12.0. The van der Waals surface area contributed by atoms with Crippen molar-refractivity contribution >= 4 is 5.78 Å². The molecule has 0 spiro atoms. The van der Waals surface area contributed by atoms with Crippen LogP contribution in [0.1, 0.15) is 65.2 Å². The highest BCUT2D eigenvalue weighted by Gasteiger charge is 2.63. The summed E-state index contributed by atoms with van der Waals surface area (Å²) in [5.74, 6) is 2.23.